The van der Waals surface area contributed by atoms with Gasteiger partial charge in [0.05, 0.1) is 16.9 Å². The van der Waals surface area contributed by atoms with Crippen LogP contribution in [0.5, 0.6) is 0 Å². The van der Waals surface area contributed by atoms with Crippen LogP contribution in [0.2, 0.25) is 5.02 Å². The number of rotatable bonds is 6. The number of ether oxygens (including phenoxy) is 1. The molecule has 30 heavy (non-hydrogen) atoms. The smallest absolute Gasteiger partial charge is 0.327 e. The van der Waals surface area contributed by atoms with Crippen molar-refractivity contribution >= 4 is 33.3 Å². The number of carbonyl (C=O) groups excluding carboxylic acids is 1. The Morgan fingerprint density at radius 2 is 1.70 bits per heavy atom. The van der Waals surface area contributed by atoms with Crippen molar-refractivity contribution in [2.75, 3.05) is 33.3 Å². The molecule has 160 valence electrons. The predicted octanol–water partition coefficient (Wildman–Crippen LogP) is 2.47. The van der Waals surface area contributed by atoms with Gasteiger partial charge in [-0.1, -0.05) is 29.8 Å². The highest BCUT2D eigenvalue weighted by Gasteiger charge is 2.35. The van der Waals surface area contributed by atoms with Crippen molar-refractivity contribution in [2.45, 2.75) is 10.9 Å². The lowest BCUT2D eigenvalue weighted by Gasteiger charge is -2.37. The second-order valence-electron chi connectivity index (χ2n) is 6.64. The third kappa shape index (κ3) is 4.46. The van der Waals surface area contributed by atoms with Crippen LogP contribution in [0.25, 0.3) is 0 Å². The van der Waals surface area contributed by atoms with E-state index in [4.69, 9.17) is 16.3 Å². The van der Waals surface area contributed by atoms with E-state index in [0.29, 0.717) is 10.6 Å². The lowest BCUT2D eigenvalue weighted by molar-refractivity contribution is -0.384. The van der Waals surface area contributed by atoms with E-state index in [0.717, 1.165) is 12.1 Å². The first kappa shape index (κ1) is 22.2. The molecule has 0 bridgehead atoms. The van der Waals surface area contributed by atoms with Crippen LogP contribution in [-0.4, -0.2) is 61.8 Å². The third-order valence-electron chi connectivity index (χ3n) is 4.95. The van der Waals surface area contributed by atoms with Crippen LogP contribution in [-0.2, 0) is 19.6 Å². The van der Waals surface area contributed by atoms with Crippen LogP contribution in [0.4, 0.5) is 5.69 Å². The number of nitro groups is 1. The van der Waals surface area contributed by atoms with Gasteiger partial charge in [0.15, 0.2) is 0 Å². The molecule has 1 aliphatic rings. The van der Waals surface area contributed by atoms with E-state index in [1.807, 2.05) is 4.90 Å². The number of non-ortho nitro benzene ring substituents is 1. The summed E-state index contributed by atoms with van der Waals surface area (Å²) < 4.78 is 32.0. The summed E-state index contributed by atoms with van der Waals surface area (Å²) >= 11 is 6.27. The fourth-order valence-corrected chi connectivity index (χ4v) is 5.03. The molecular weight excluding hydrogens is 434 g/mol. The second-order valence-corrected chi connectivity index (χ2v) is 8.98. The average molecular weight is 454 g/mol. The first-order valence-corrected chi connectivity index (χ1v) is 10.9. The van der Waals surface area contributed by atoms with Gasteiger partial charge in [-0.25, -0.2) is 13.2 Å². The summed E-state index contributed by atoms with van der Waals surface area (Å²) in [5, 5.41) is 11.2. The minimum absolute atomic E-state index is 0.0165. The molecule has 1 atom stereocenters. The van der Waals surface area contributed by atoms with Crippen LogP contribution in [0.1, 0.15) is 11.6 Å². The number of hydrogen-bond donors (Lipinski definition) is 0. The molecule has 3 rings (SSSR count). The van der Waals surface area contributed by atoms with E-state index < -0.39 is 27.0 Å². The van der Waals surface area contributed by atoms with E-state index in [9.17, 15) is 23.3 Å². The van der Waals surface area contributed by atoms with Gasteiger partial charge in [-0.3, -0.25) is 15.0 Å². The zero-order valence-electron chi connectivity index (χ0n) is 16.1. The first-order chi connectivity index (χ1) is 14.3. The van der Waals surface area contributed by atoms with Crippen molar-refractivity contribution in [3.05, 3.63) is 69.2 Å². The zero-order chi connectivity index (χ0) is 21.9. The van der Waals surface area contributed by atoms with Gasteiger partial charge in [-0.05, 0) is 23.8 Å². The molecule has 0 amide bonds. The van der Waals surface area contributed by atoms with Crippen LogP contribution in [0, 0.1) is 10.1 Å². The summed E-state index contributed by atoms with van der Waals surface area (Å²) in [5.74, 6) is -0.477. The van der Waals surface area contributed by atoms with Crippen LogP contribution in [0.15, 0.2) is 53.4 Å². The summed E-state index contributed by atoms with van der Waals surface area (Å²) in [5.41, 5.74) is 0.414. The number of nitrogens with zero attached hydrogens (tertiary/aromatic N) is 3. The molecule has 2 aromatic carbocycles. The maximum Gasteiger partial charge on any atom is 0.327 e. The lowest BCUT2D eigenvalue weighted by atomic mass is 10.0. The van der Waals surface area contributed by atoms with Crippen LogP contribution < -0.4 is 0 Å². The maximum absolute atomic E-state index is 12.9. The molecule has 1 aliphatic heterocycles. The van der Waals surface area contributed by atoms with E-state index in [1.54, 1.807) is 24.3 Å². The lowest BCUT2D eigenvalue weighted by Crippen LogP contribution is -2.51. The summed E-state index contributed by atoms with van der Waals surface area (Å²) in [6, 6.07) is 11.0. The number of hydrogen-bond acceptors (Lipinski definition) is 7. The van der Waals surface area contributed by atoms with Gasteiger partial charge in [0.1, 0.15) is 6.04 Å². The van der Waals surface area contributed by atoms with Crippen molar-refractivity contribution in [1.82, 2.24) is 9.21 Å². The standard InChI is InChI=1S/C19H20ClN3O6S/c1-29-19(24)18(16-4-2-3-5-17(16)20)21-10-12-22(13-11-21)30(27,28)15-8-6-14(7-9-15)23(25)26/h2-9,18H,10-13H2,1H3. The molecule has 11 heteroatoms. The minimum atomic E-state index is -3.81. The summed E-state index contributed by atoms with van der Waals surface area (Å²) in [4.78, 5) is 24.4. The zero-order valence-corrected chi connectivity index (χ0v) is 17.7. The minimum Gasteiger partial charge on any atom is -0.468 e. The number of sulfonamides is 1. The Kier molecular flexibility index (Phi) is 6.71. The molecular formula is C19H20ClN3O6S. The second kappa shape index (κ2) is 9.09. The Labute approximate surface area is 179 Å². The van der Waals surface area contributed by atoms with Gasteiger partial charge in [0.2, 0.25) is 10.0 Å². The molecule has 1 heterocycles. The molecule has 0 radical (unpaired) electrons. The predicted molar refractivity (Wildman–Crippen MR) is 110 cm³/mol. The van der Waals surface area contributed by atoms with Crippen molar-refractivity contribution in [3.63, 3.8) is 0 Å². The Morgan fingerprint density at radius 1 is 1.10 bits per heavy atom. The van der Waals surface area contributed by atoms with E-state index in [2.05, 4.69) is 0 Å². The number of piperazine rings is 1. The molecule has 0 N–H and O–H groups in total. The normalized spacial score (nSPS) is 16.7. The van der Waals surface area contributed by atoms with Crippen molar-refractivity contribution in [3.8, 4) is 0 Å². The molecule has 0 saturated carbocycles. The molecule has 1 fully saturated rings. The molecule has 0 aliphatic carbocycles. The fraction of sp³-hybridized carbons (Fsp3) is 0.316. The van der Waals surface area contributed by atoms with E-state index in [-0.39, 0.29) is 36.8 Å². The monoisotopic (exact) mass is 453 g/mol. The number of benzene rings is 2. The quantitative estimate of drug-likeness (QED) is 0.375. The number of halogens is 1. The molecule has 0 aromatic heterocycles. The number of methoxy groups -OCH3 is 1. The number of esters is 1. The first-order valence-electron chi connectivity index (χ1n) is 9.06. The van der Waals surface area contributed by atoms with Gasteiger partial charge < -0.3 is 4.74 Å². The molecule has 9 nitrogen and oxygen atoms in total. The highest BCUT2D eigenvalue weighted by atomic mass is 35.5. The fourth-order valence-electron chi connectivity index (χ4n) is 3.37. The van der Waals surface area contributed by atoms with Gasteiger partial charge >= 0.3 is 5.97 Å². The van der Waals surface area contributed by atoms with Crippen LogP contribution >= 0.6 is 11.6 Å². The SMILES string of the molecule is COC(=O)C(c1ccccc1Cl)N1CCN(S(=O)(=O)c2ccc([N+](=O)[O-])cc2)CC1. The van der Waals surface area contributed by atoms with Gasteiger partial charge in [0, 0.05) is 43.3 Å². The Bertz CT molecular complexity index is 1040. The van der Waals surface area contributed by atoms with E-state index in [1.165, 1.54) is 23.5 Å². The van der Waals surface area contributed by atoms with Gasteiger partial charge in [-0.15, -0.1) is 0 Å². The Balaban J connectivity index is 1.77. The van der Waals surface area contributed by atoms with Crippen molar-refractivity contribution < 1.29 is 22.9 Å². The Hall–Kier alpha value is -2.53. The van der Waals surface area contributed by atoms with Gasteiger partial charge in [0.25, 0.3) is 5.69 Å². The third-order valence-corrected chi connectivity index (χ3v) is 7.21. The molecule has 2 aromatic rings. The highest BCUT2D eigenvalue weighted by molar-refractivity contribution is 7.89. The molecule has 0 spiro atoms. The van der Waals surface area contributed by atoms with Crippen molar-refractivity contribution in [1.29, 1.82) is 0 Å². The summed E-state index contributed by atoms with van der Waals surface area (Å²) in [6.07, 6.45) is 0. The highest BCUT2D eigenvalue weighted by Crippen LogP contribution is 2.30. The largest absolute Gasteiger partial charge is 0.468 e. The van der Waals surface area contributed by atoms with Crippen molar-refractivity contribution in [2.24, 2.45) is 0 Å². The van der Waals surface area contributed by atoms with Crippen LogP contribution in [0.3, 0.4) is 0 Å². The van der Waals surface area contributed by atoms with Gasteiger partial charge in [-0.2, -0.15) is 4.31 Å². The number of carbonyl (C=O) groups is 1. The van der Waals surface area contributed by atoms with E-state index >= 15 is 0 Å². The Morgan fingerprint density at radius 3 is 2.23 bits per heavy atom. The summed E-state index contributed by atoms with van der Waals surface area (Å²) in [6.45, 7) is 0.878. The average Bonchev–Trinajstić information content (AvgIpc) is 2.75. The molecule has 1 unspecified atom stereocenters. The molecule has 1 saturated heterocycles. The number of nitro benzene ring substituents is 1. The maximum atomic E-state index is 12.9. The topological polar surface area (TPSA) is 110 Å². The summed E-state index contributed by atoms with van der Waals surface area (Å²) in [7, 11) is -2.52.